The molecule has 2 bridgehead atoms. The fraction of sp³-hybridized carbons (Fsp3) is 0.527. The fourth-order valence-corrected chi connectivity index (χ4v) is 9.90. The zero-order valence-corrected chi connectivity index (χ0v) is 44.0. The molecule has 18 nitrogen and oxygen atoms in total. The summed E-state index contributed by atoms with van der Waals surface area (Å²) in [5, 5.41) is 25.1. The van der Waals surface area contributed by atoms with E-state index in [2.05, 4.69) is 47.5 Å². The highest BCUT2D eigenvalue weighted by molar-refractivity contribution is 5.87. The standard InChI is InChI=1S/C55H69F3N10O8/c1-53(2,3)48(76-51(72)59-6)50(71)64-66(27-37-14-17-38(18-15-37)39-26-61-67(28-39)40-19-20-40)31-45(69)44(62-49(70)47(63-52(73)74-7)54(4,5)55(56,57)58)24-35-11-8-34(9-12-35)10-13-36-16-23-46(60-25-36)65-29-41-21-22-42(30-65)68(41)43-32-75-33-43/h8-9,11-12,14-18,23,25-26,28,40-45,47-48,69H,19-22,24,27,29-33H2,1-7H3,(H,59,72)(H,62,70)(H,63,73)(H,64,71)/t41-,42-,44-,45-,47+,48+/m0/s1. The van der Waals surface area contributed by atoms with E-state index in [0.717, 1.165) is 77.0 Å². The van der Waals surface area contributed by atoms with Gasteiger partial charge >= 0.3 is 18.4 Å². The first kappa shape index (κ1) is 55.5. The van der Waals surface area contributed by atoms with E-state index in [1.807, 2.05) is 52.6 Å². The number of aromatic nitrogens is 3. The Morgan fingerprint density at radius 3 is 2.00 bits per heavy atom. The van der Waals surface area contributed by atoms with Crippen LogP contribution in [0.5, 0.6) is 0 Å². The van der Waals surface area contributed by atoms with E-state index in [0.29, 0.717) is 46.4 Å². The van der Waals surface area contributed by atoms with E-state index in [-0.39, 0.29) is 13.0 Å². The van der Waals surface area contributed by atoms with Crippen molar-refractivity contribution in [3.8, 4) is 23.0 Å². The molecule has 1 aliphatic carbocycles. The molecule has 2 aromatic heterocycles. The topological polar surface area (TPSA) is 205 Å². The molecule has 21 heteroatoms. The molecule has 6 atom stereocenters. The predicted octanol–water partition coefficient (Wildman–Crippen LogP) is 5.74. The Hall–Kier alpha value is -6.73. The molecule has 4 aliphatic rings. The highest BCUT2D eigenvalue weighted by Gasteiger charge is 2.56. The van der Waals surface area contributed by atoms with E-state index in [4.69, 9.17) is 14.5 Å². The van der Waals surface area contributed by atoms with Crippen molar-refractivity contribution in [3.63, 3.8) is 0 Å². The molecule has 5 heterocycles. The number of alkyl halides is 3. The van der Waals surface area contributed by atoms with Crippen LogP contribution in [-0.2, 0) is 36.8 Å². The Morgan fingerprint density at radius 1 is 0.803 bits per heavy atom. The van der Waals surface area contributed by atoms with Gasteiger partial charge in [-0.2, -0.15) is 18.3 Å². The van der Waals surface area contributed by atoms with Crippen molar-refractivity contribution in [1.29, 1.82) is 0 Å². The Labute approximate surface area is 441 Å². The van der Waals surface area contributed by atoms with Gasteiger partial charge < -0.3 is 40.2 Å². The van der Waals surface area contributed by atoms with E-state index in [9.17, 15) is 37.5 Å². The van der Waals surface area contributed by atoms with Crippen LogP contribution in [0.15, 0.2) is 79.3 Å². The molecule has 4 fully saturated rings. The molecule has 408 valence electrons. The summed E-state index contributed by atoms with van der Waals surface area (Å²) < 4.78 is 61.3. The fourth-order valence-electron chi connectivity index (χ4n) is 9.90. The van der Waals surface area contributed by atoms with Crippen LogP contribution in [-0.4, -0.2) is 149 Å². The van der Waals surface area contributed by atoms with Gasteiger partial charge in [-0.05, 0) is 86.9 Å². The first-order valence-electron chi connectivity index (χ1n) is 25.7. The predicted molar refractivity (Wildman–Crippen MR) is 276 cm³/mol. The molecule has 76 heavy (non-hydrogen) atoms. The van der Waals surface area contributed by atoms with E-state index in [1.54, 1.807) is 57.4 Å². The summed E-state index contributed by atoms with van der Waals surface area (Å²) in [6, 6.07) is 16.7. The van der Waals surface area contributed by atoms with Crippen molar-refractivity contribution in [3.05, 3.63) is 102 Å². The number of aliphatic hydroxyl groups excluding tert-OH is 1. The number of benzene rings is 2. The van der Waals surface area contributed by atoms with Crippen LogP contribution in [0.4, 0.5) is 28.6 Å². The molecule has 5 N–H and O–H groups in total. The van der Waals surface area contributed by atoms with Crippen molar-refractivity contribution >= 4 is 29.8 Å². The van der Waals surface area contributed by atoms with E-state index < -0.39 is 71.8 Å². The van der Waals surface area contributed by atoms with Crippen molar-refractivity contribution in [2.45, 2.75) is 128 Å². The zero-order chi connectivity index (χ0) is 54.5. The molecule has 0 radical (unpaired) electrons. The Kier molecular flexibility index (Phi) is 17.0. The average Bonchev–Trinajstić information content (AvgIpc) is 4.05. The summed E-state index contributed by atoms with van der Waals surface area (Å²) in [5.41, 5.74) is 3.49. The lowest BCUT2D eigenvalue weighted by Gasteiger charge is -2.47. The summed E-state index contributed by atoms with van der Waals surface area (Å²) >= 11 is 0. The maximum absolute atomic E-state index is 14.6. The first-order chi connectivity index (χ1) is 36.1. The molecule has 4 aromatic rings. The molecule has 8 rings (SSSR count). The number of nitrogens with zero attached hydrogens (tertiary/aromatic N) is 6. The molecule has 0 spiro atoms. The van der Waals surface area contributed by atoms with Gasteiger partial charge in [-0.1, -0.05) is 69.0 Å². The van der Waals surface area contributed by atoms with Gasteiger partial charge in [-0.25, -0.2) is 19.6 Å². The van der Waals surface area contributed by atoms with Crippen LogP contribution < -0.4 is 26.3 Å². The minimum atomic E-state index is -4.98. The lowest BCUT2D eigenvalue weighted by molar-refractivity contribution is -0.220. The third-order valence-electron chi connectivity index (χ3n) is 14.7. The third kappa shape index (κ3) is 13.4. The number of methoxy groups -OCH3 is 1. The van der Waals surface area contributed by atoms with Crippen molar-refractivity contribution in [2.24, 2.45) is 10.8 Å². The van der Waals surface area contributed by atoms with Gasteiger partial charge in [0.2, 0.25) is 5.91 Å². The number of hydrogen-bond donors (Lipinski definition) is 5. The number of alkyl carbamates (subject to hydrolysis) is 2. The van der Waals surface area contributed by atoms with Crippen molar-refractivity contribution in [2.75, 3.05) is 51.9 Å². The van der Waals surface area contributed by atoms with Gasteiger partial charge in [0.05, 0.1) is 56.2 Å². The summed E-state index contributed by atoms with van der Waals surface area (Å²) in [6.07, 6.45) is -0.115. The number of pyridine rings is 1. The molecular formula is C55H69F3N10O8. The van der Waals surface area contributed by atoms with Crippen LogP contribution in [0.25, 0.3) is 11.1 Å². The number of hydrogen-bond acceptors (Lipinski definition) is 13. The Balaban J connectivity index is 1.02. The largest absolute Gasteiger partial charge is 0.453 e. The summed E-state index contributed by atoms with van der Waals surface area (Å²) in [4.78, 5) is 62.9. The second kappa shape index (κ2) is 23.3. The van der Waals surface area contributed by atoms with E-state index >= 15 is 0 Å². The normalized spacial score (nSPS) is 19.6. The van der Waals surface area contributed by atoms with Crippen LogP contribution >= 0.6 is 0 Å². The second-order valence-corrected chi connectivity index (χ2v) is 21.9. The average molecular weight is 1060 g/mol. The van der Waals surface area contributed by atoms with Gasteiger partial charge in [-0.3, -0.25) is 24.6 Å². The first-order valence-corrected chi connectivity index (χ1v) is 25.7. The van der Waals surface area contributed by atoms with Crippen molar-refractivity contribution < 1.29 is 51.7 Å². The molecule has 0 unspecified atom stereocenters. The second-order valence-electron chi connectivity index (χ2n) is 21.9. The summed E-state index contributed by atoms with van der Waals surface area (Å²) in [5.74, 6) is 5.25. The summed E-state index contributed by atoms with van der Waals surface area (Å²) in [7, 11) is 2.31. The molecule has 3 aliphatic heterocycles. The number of ether oxygens (including phenoxy) is 3. The van der Waals surface area contributed by atoms with Gasteiger partial charge in [0.1, 0.15) is 11.9 Å². The number of carbonyl (C=O) groups is 4. The van der Waals surface area contributed by atoms with Gasteiger partial charge in [0.15, 0.2) is 6.10 Å². The monoisotopic (exact) mass is 1050 g/mol. The molecule has 4 amide bonds. The number of amides is 4. The van der Waals surface area contributed by atoms with E-state index in [1.165, 1.54) is 24.9 Å². The number of piperazine rings is 1. The summed E-state index contributed by atoms with van der Waals surface area (Å²) in [6.45, 7) is 9.70. The molecule has 1 saturated carbocycles. The minimum Gasteiger partial charge on any atom is -0.453 e. The quantitative estimate of drug-likeness (QED) is 0.0597. The smallest absolute Gasteiger partial charge is 0.407 e. The lowest BCUT2D eigenvalue weighted by Crippen LogP contribution is -2.62. The Bertz CT molecular complexity index is 2720. The zero-order valence-electron chi connectivity index (χ0n) is 44.0. The maximum Gasteiger partial charge on any atom is 0.407 e. The van der Waals surface area contributed by atoms with Crippen LogP contribution in [0, 0.1) is 22.7 Å². The number of nitrogens with one attached hydrogen (secondary N) is 4. The molecule has 3 saturated heterocycles. The SMILES string of the molecule is CNC(=O)O[C@H](C(=O)NN(Cc1ccc(-c2cnn(C3CC3)c2)cc1)C[C@H](O)[C@H](Cc1ccc(C#Cc2ccc(N3C[C@@H]4CC[C@@H](C3)N4C3COC3)nc2)cc1)NC(=O)[C@@H](NC(=O)OC)C(C)(C)C(F)(F)F)C(C)(C)C. The molecular weight excluding hydrogens is 986 g/mol. The minimum absolute atomic E-state index is 0.0182. The number of anilines is 1. The van der Waals surface area contributed by atoms with Crippen molar-refractivity contribution in [1.82, 2.24) is 46.0 Å². The highest BCUT2D eigenvalue weighted by Crippen LogP contribution is 2.41. The number of aliphatic hydroxyl groups is 1. The van der Waals surface area contributed by atoms with Crippen LogP contribution in [0.1, 0.15) is 88.6 Å². The lowest BCUT2D eigenvalue weighted by atomic mass is 9.82. The maximum atomic E-state index is 14.6. The van der Waals surface area contributed by atoms with Crippen LogP contribution in [0.3, 0.4) is 0 Å². The van der Waals surface area contributed by atoms with Gasteiger partial charge in [0, 0.05) is 79.8 Å². The van der Waals surface area contributed by atoms with Crippen LogP contribution in [0.2, 0.25) is 0 Å². The number of hydrazine groups is 1. The number of carbonyl (C=O) groups excluding carboxylic acids is 4. The Morgan fingerprint density at radius 2 is 1.43 bits per heavy atom. The number of rotatable bonds is 18. The third-order valence-corrected chi connectivity index (χ3v) is 14.7. The number of fused-ring (bicyclic) bond motifs is 2. The molecule has 2 aromatic carbocycles. The van der Waals surface area contributed by atoms with Gasteiger partial charge in [-0.15, -0.1) is 0 Å². The van der Waals surface area contributed by atoms with Gasteiger partial charge in [0.25, 0.3) is 5.91 Å². The highest BCUT2D eigenvalue weighted by atomic mass is 19.4. The number of halogens is 3.